The summed E-state index contributed by atoms with van der Waals surface area (Å²) < 4.78 is 32.0. The van der Waals surface area contributed by atoms with Crippen molar-refractivity contribution in [1.82, 2.24) is 9.62 Å². The minimum absolute atomic E-state index is 0.0853. The van der Waals surface area contributed by atoms with Crippen LogP contribution in [0.3, 0.4) is 0 Å². The van der Waals surface area contributed by atoms with Crippen molar-refractivity contribution in [3.05, 3.63) is 42.5 Å². The highest BCUT2D eigenvalue weighted by atomic mass is 32.2. The van der Waals surface area contributed by atoms with Gasteiger partial charge in [0.1, 0.15) is 0 Å². The standard InChI is InChI=1S/C15H18N2O4S/c1-2-6-16-22(19,20)14-5-3-4-11(7-14)15(18)17-12-8-13(17)10-21-9-12/h2-5,7,12-13,16H,1,6,8-10H2/t12-,13-/m1/s1. The smallest absolute Gasteiger partial charge is 0.254 e. The molecule has 2 heterocycles. The number of carbonyl (C=O) groups excluding carboxylic acids is 1. The predicted octanol–water partition coefficient (Wildman–Crippen LogP) is 0.764. The number of sulfonamides is 1. The molecule has 1 N–H and O–H groups in total. The van der Waals surface area contributed by atoms with E-state index in [1.54, 1.807) is 17.0 Å². The van der Waals surface area contributed by atoms with Crippen LogP contribution < -0.4 is 4.72 Å². The van der Waals surface area contributed by atoms with E-state index in [4.69, 9.17) is 4.74 Å². The molecule has 2 saturated heterocycles. The minimum atomic E-state index is -3.63. The lowest BCUT2D eigenvalue weighted by Gasteiger charge is -2.52. The van der Waals surface area contributed by atoms with Gasteiger partial charge in [0.05, 0.1) is 30.2 Å². The Morgan fingerprint density at radius 2 is 2.14 bits per heavy atom. The van der Waals surface area contributed by atoms with Gasteiger partial charge in [0.25, 0.3) is 5.91 Å². The number of amides is 1. The van der Waals surface area contributed by atoms with Crippen molar-refractivity contribution in [2.45, 2.75) is 23.4 Å². The lowest BCUT2D eigenvalue weighted by Crippen LogP contribution is -2.65. The topological polar surface area (TPSA) is 75.7 Å². The van der Waals surface area contributed by atoms with E-state index in [1.165, 1.54) is 18.2 Å². The van der Waals surface area contributed by atoms with Gasteiger partial charge < -0.3 is 9.64 Å². The summed E-state index contributed by atoms with van der Waals surface area (Å²) in [6.45, 7) is 4.74. The zero-order chi connectivity index (χ0) is 15.7. The van der Waals surface area contributed by atoms with Gasteiger partial charge in [-0.3, -0.25) is 4.79 Å². The molecule has 2 atom stereocenters. The van der Waals surface area contributed by atoms with Crippen LogP contribution in [0, 0.1) is 0 Å². The van der Waals surface area contributed by atoms with Crippen LogP contribution in [-0.2, 0) is 14.8 Å². The monoisotopic (exact) mass is 322 g/mol. The number of rotatable bonds is 5. The highest BCUT2D eigenvalue weighted by molar-refractivity contribution is 7.89. The van der Waals surface area contributed by atoms with Crippen molar-refractivity contribution >= 4 is 15.9 Å². The van der Waals surface area contributed by atoms with Crippen molar-refractivity contribution in [3.63, 3.8) is 0 Å². The third-order valence-electron chi connectivity index (χ3n) is 3.99. The molecule has 2 aliphatic heterocycles. The molecule has 2 aliphatic rings. The summed E-state index contributed by atoms with van der Waals surface area (Å²) in [7, 11) is -3.63. The maximum atomic E-state index is 12.6. The number of ether oxygens (including phenoxy) is 1. The number of benzene rings is 1. The molecule has 0 saturated carbocycles. The normalized spacial score (nSPS) is 23.7. The first-order valence-electron chi connectivity index (χ1n) is 7.14. The van der Waals surface area contributed by atoms with Crippen molar-refractivity contribution in [3.8, 4) is 0 Å². The Balaban J connectivity index is 1.82. The minimum Gasteiger partial charge on any atom is -0.377 e. The summed E-state index contributed by atoms with van der Waals surface area (Å²) in [6, 6.07) is 6.35. The summed E-state index contributed by atoms with van der Waals surface area (Å²) in [6.07, 6.45) is 2.43. The van der Waals surface area contributed by atoms with Crippen LogP contribution in [0.5, 0.6) is 0 Å². The fraction of sp³-hybridized carbons (Fsp3) is 0.400. The van der Waals surface area contributed by atoms with E-state index in [0.29, 0.717) is 18.8 Å². The number of nitrogens with one attached hydrogen (secondary N) is 1. The molecule has 0 unspecified atom stereocenters. The quantitative estimate of drug-likeness (QED) is 0.812. The molecule has 2 fully saturated rings. The number of carbonyl (C=O) groups is 1. The van der Waals surface area contributed by atoms with Gasteiger partial charge in [-0.1, -0.05) is 12.1 Å². The maximum Gasteiger partial charge on any atom is 0.254 e. The second kappa shape index (κ2) is 5.83. The van der Waals surface area contributed by atoms with Gasteiger partial charge >= 0.3 is 0 Å². The van der Waals surface area contributed by atoms with Crippen molar-refractivity contribution in [1.29, 1.82) is 0 Å². The second-order valence-corrected chi connectivity index (χ2v) is 7.23. The molecule has 3 rings (SSSR count). The Labute approximate surface area is 129 Å². The Morgan fingerprint density at radius 1 is 1.41 bits per heavy atom. The van der Waals surface area contributed by atoms with Crippen molar-refractivity contribution < 1.29 is 17.9 Å². The third kappa shape index (κ3) is 2.67. The summed E-state index contributed by atoms with van der Waals surface area (Å²) >= 11 is 0. The highest BCUT2D eigenvalue weighted by Crippen LogP contribution is 2.32. The zero-order valence-electron chi connectivity index (χ0n) is 12.1. The highest BCUT2D eigenvalue weighted by Gasteiger charge is 2.45. The number of hydrogen-bond acceptors (Lipinski definition) is 4. The van der Waals surface area contributed by atoms with E-state index >= 15 is 0 Å². The van der Waals surface area contributed by atoms with Crippen LogP contribution in [0.25, 0.3) is 0 Å². The number of fused-ring (bicyclic) bond motifs is 2. The van der Waals surface area contributed by atoms with E-state index in [1.807, 2.05) is 0 Å². The number of morpholine rings is 1. The van der Waals surface area contributed by atoms with Crippen LogP contribution in [0.15, 0.2) is 41.8 Å². The van der Waals surface area contributed by atoms with Gasteiger partial charge in [0.2, 0.25) is 10.0 Å². The van der Waals surface area contributed by atoms with Gasteiger partial charge in [-0.05, 0) is 24.6 Å². The fourth-order valence-corrected chi connectivity index (χ4v) is 3.91. The van der Waals surface area contributed by atoms with Crippen LogP contribution in [0.2, 0.25) is 0 Å². The Bertz CT molecular complexity index is 687. The van der Waals surface area contributed by atoms with Crippen molar-refractivity contribution in [2.75, 3.05) is 19.8 Å². The molecular formula is C15H18N2O4S. The molecular weight excluding hydrogens is 304 g/mol. The molecule has 118 valence electrons. The summed E-state index contributed by atoms with van der Waals surface area (Å²) in [5, 5.41) is 0. The van der Waals surface area contributed by atoms with Gasteiger partial charge in [-0.2, -0.15) is 0 Å². The molecule has 22 heavy (non-hydrogen) atoms. The average molecular weight is 322 g/mol. The third-order valence-corrected chi connectivity index (χ3v) is 5.42. The second-order valence-electron chi connectivity index (χ2n) is 5.46. The Hall–Kier alpha value is -1.70. The van der Waals surface area contributed by atoms with Gasteiger partial charge in [-0.25, -0.2) is 13.1 Å². The van der Waals surface area contributed by atoms with Crippen molar-refractivity contribution in [2.24, 2.45) is 0 Å². The van der Waals surface area contributed by atoms with Crippen LogP contribution in [0.4, 0.5) is 0 Å². The first-order chi connectivity index (χ1) is 10.5. The van der Waals surface area contributed by atoms with Gasteiger partial charge in [0.15, 0.2) is 0 Å². The Kier molecular flexibility index (Phi) is 4.03. The summed E-state index contributed by atoms with van der Waals surface area (Å²) in [4.78, 5) is 14.5. The fourth-order valence-electron chi connectivity index (χ4n) is 2.87. The summed E-state index contributed by atoms with van der Waals surface area (Å²) in [5.74, 6) is -0.134. The van der Waals surface area contributed by atoms with Crippen LogP contribution >= 0.6 is 0 Å². The Morgan fingerprint density at radius 3 is 2.77 bits per heavy atom. The van der Waals surface area contributed by atoms with E-state index in [-0.39, 0.29) is 29.4 Å². The average Bonchev–Trinajstić information content (AvgIpc) is 2.53. The molecule has 0 aliphatic carbocycles. The molecule has 1 amide bonds. The molecule has 0 aromatic heterocycles. The van der Waals surface area contributed by atoms with E-state index in [2.05, 4.69) is 11.3 Å². The molecule has 0 radical (unpaired) electrons. The molecule has 1 aromatic rings. The molecule has 0 spiro atoms. The molecule has 2 bridgehead atoms. The molecule has 1 aromatic carbocycles. The lowest BCUT2D eigenvalue weighted by atomic mass is 9.90. The molecule has 6 nitrogen and oxygen atoms in total. The first kappa shape index (κ1) is 15.2. The van der Waals surface area contributed by atoms with Gasteiger partial charge in [-0.15, -0.1) is 6.58 Å². The maximum absolute atomic E-state index is 12.6. The first-order valence-corrected chi connectivity index (χ1v) is 8.62. The predicted molar refractivity (Wildman–Crippen MR) is 81.0 cm³/mol. The van der Waals surface area contributed by atoms with Crippen LogP contribution in [0.1, 0.15) is 16.8 Å². The zero-order valence-corrected chi connectivity index (χ0v) is 12.9. The molecule has 7 heteroatoms. The van der Waals surface area contributed by atoms with E-state index in [0.717, 1.165) is 6.42 Å². The largest absolute Gasteiger partial charge is 0.377 e. The number of nitrogens with zero attached hydrogens (tertiary/aromatic N) is 1. The van der Waals surface area contributed by atoms with E-state index in [9.17, 15) is 13.2 Å². The SMILES string of the molecule is C=CCNS(=O)(=O)c1cccc(C(=O)N2[C@H]3COC[C@H]2C3)c1. The van der Waals surface area contributed by atoms with E-state index < -0.39 is 10.0 Å². The number of hydrogen-bond donors (Lipinski definition) is 1. The van der Waals surface area contributed by atoms with Gasteiger partial charge in [0, 0.05) is 12.1 Å². The lowest BCUT2D eigenvalue weighted by molar-refractivity contribution is -0.104. The van der Waals surface area contributed by atoms with Crippen LogP contribution in [-0.4, -0.2) is 51.1 Å². The summed E-state index contributed by atoms with van der Waals surface area (Å²) in [5.41, 5.74) is 0.387.